The Balaban J connectivity index is 1.73. The van der Waals surface area contributed by atoms with Gasteiger partial charge in [0.05, 0.1) is 6.04 Å². The minimum Gasteiger partial charge on any atom is -0.445 e. The quantitative estimate of drug-likeness (QED) is 0.826. The van der Waals surface area contributed by atoms with Gasteiger partial charge in [0, 0.05) is 19.6 Å². The lowest BCUT2D eigenvalue weighted by atomic mass is 9.96. The first-order valence-electron chi connectivity index (χ1n) is 8.96. The molecule has 1 fully saturated rings. The maximum absolute atomic E-state index is 12.4. The van der Waals surface area contributed by atoms with Gasteiger partial charge in [-0.15, -0.1) is 0 Å². The summed E-state index contributed by atoms with van der Waals surface area (Å²) in [4.78, 5) is 26.0. The number of hydrogen-bond donors (Lipinski definition) is 2. The topological polar surface area (TPSA) is 84.7 Å². The number of nitrogens with one attached hydrogen (secondary N) is 1. The van der Waals surface area contributed by atoms with E-state index in [9.17, 15) is 9.59 Å². The molecule has 1 unspecified atom stereocenters. The number of carbonyl (C=O) groups excluding carboxylic acids is 2. The monoisotopic (exact) mass is 347 g/mol. The molecule has 0 aromatic heterocycles. The first-order chi connectivity index (χ1) is 12.0. The fraction of sp³-hybridized carbons (Fsp3) is 0.579. The van der Waals surface area contributed by atoms with E-state index in [0.717, 1.165) is 24.9 Å². The lowest BCUT2D eigenvalue weighted by Crippen LogP contribution is -2.51. The minimum absolute atomic E-state index is 0.00588. The van der Waals surface area contributed by atoms with Gasteiger partial charge in [-0.05, 0) is 30.2 Å². The lowest BCUT2D eigenvalue weighted by molar-refractivity contribution is -0.135. The van der Waals surface area contributed by atoms with Crippen molar-refractivity contribution in [2.24, 2.45) is 17.6 Å². The van der Waals surface area contributed by atoms with Crippen molar-refractivity contribution in [3.63, 3.8) is 0 Å². The Morgan fingerprint density at radius 1 is 1.32 bits per heavy atom. The molecular formula is C19H29N3O3. The molecule has 3 N–H and O–H groups in total. The molecule has 1 heterocycles. The molecule has 6 heteroatoms. The number of piperidine rings is 1. The molecule has 2 amide bonds. The molecule has 1 aliphatic rings. The van der Waals surface area contributed by atoms with Crippen molar-refractivity contribution in [3.8, 4) is 0 Å². The number of hydrogen-bond acceptors (Lipinski definition) is 4. The normalized spacial score (nSPS) is 18.7. The predicted octanol–water partition coefficient (Wildman–Crippen LogP) is 2.13. The zero-order chi connectivity index (χ0) is 18.2. The van der Waals surface area contributed by atoms with E-state index in [1.54, 1.807) is 0 Å². The second-order valence-electron chi connectivity index (χ2n) is 7.00. The molecule has 0 spiro atoms. The summed E-state index contributed by atoms with van der Waals surface area (Å²) in [5.41, 5.74) is 6.93. The Hall–Kier alpha value is -2.08. The second kappa shape index (κ2) is 9.42. The summed E-state index contributed by atoms with van der Waals surface area (Å²) in [5.74, 6) is 0.367. The van der Waals surface area contributed by atoms with E-state index in [1.165, 1.54) is 0 Å². The summed E-state index contributed by atoms with van der Waals surface area (Å²) in [6.07, 6.45) is 1.49. The number of ether oxygens (including phenoxy) is 1. The second-order valence-corrected chi connectivity index (χ2v) is 7.00. The van der Waals surface area contributed by atoms with Gasteiger partial charge in [0.15, 0.2) is 0 Å². The maximum Gasteiger partial charge on any atom is 0.407 e. The van der Waals surface area contributed by atoms with Gasteiger partial charge in [0.25, 0.3) is 0 Å². The Bertz CT molecular complexity index is 562. The van der Waals surface area contributed by atoms with E-state index < -0.39 is 12.1 Å². The molecule has 2 atom stereocenters. The van der Waals surface area contributed by atoms with Crippen LogP contribution >= 0.6 is 0 Å². The summed E-state index contributed by atoms with van der Waals surface area (Å²) in [5, 5.41) is 2.80. The van der Waals surface area contributed by atoms with Crippen LogP contribution in [0, 0.1) is 11.8 Å². The van der Waals surface area contributed by atoms with Crippen LogP contribution in [-0.2, 0) is 16.1 Å². The van der Waals surface area contributed by atoms with Crippen molar-refractivity contribution in [2.75, 3.05) is 19.6 Å². The van der Waals surface area contributed by atoms with E-state index in [2.05, 4.69) is 5.32 Å². The third-order valence-corrected chi connectivity index (χ3v) is 4.58. The molecule has 1 aromatic carbocycles. The first-order valence-corrected chi connectivity index (χ1v) is 8.96. The number of benzene rings is 1. The molecule has 1 aromatic rings. The average molecular weight is 347 g/mol. The Labute approximate surface area is 149 Å². The van der Waals surface area contributed by atoms with Crippen LogP contribution in [0.4, 0.5) is 4.79 Å². The van der Waals surface area contributed by atoms with E-state index >= 15 is 0 Å². The highest BCUT2D eigenvalue weighted by atomic mass is 16.5. The minimum atomic E-state index is -0.456. The molecule has 138 valence electrons. The number of carbonyl (C=O) groups is 2. The van der Waals surface area contributed by atoms with Crippen LogP contribution in [0.5, 0.6) is 0 Å². The molecule has 0 bridgehead atoms. The van der Waals surface area contributed by atoms with Crippen LogP contribution in [-0.4, -0.2) is 42.6 Å². The van der Waals surface area contributed by atoms with Crippen LogP contribution in [0.15, 0.2) is 30.3 Å². The highest BCUT2D eigenvalue weighted by Gasteiger charge is 2.28. The summed E-state index contributed by atoms with van der Waals surface area (Å²) < 4.78 is 5.21. The van der Waals surface area contributed by atoms with Gasteiger partial charge in [-0.3, -0.25) is 4.79 Å². The molecule has 25 heavy (non-hydrogen) atoms. The number of nitrogens with zero attached hydrogens (tertiary/aromatic N) is 1. The number of alkyl carbamates (subject to hydrolysis) is 1. The highest BCUT2D eigenvalue weighted by molar-refractivity contribution is 5.82. The standard InChI is InChI=1S/C19H29N3O3/c1-14(2)17(20)18(23)22-10-6-9-16(12-22)11-21-19(24)25-13-15-7-4-3-5-8-15/h3-5,7-8,14,16-17H,6,9-13,20H2,1-2H3,(H,21,24)/t16?,17-/m0/s1. The van der Waals surface area contributed by atoms with Crippen molar-refractivity contribution < 1.29 is 14.3 Å². The average Bonchev–Trinajstić information content (AvgIpc) is 2.64. The summed E-state index contributed by atoms with van der Waals surface area (Å²) in [7, 11) is 0. The largest absolute Gasteiger partial charge is 0.445 e. The molecular weight excluding hydrogens is 318 g/mol. The van der Waals surface area contributed by atoms with Crippen LogP contribution in [0.3, 0.4) is 0 Å². The van der Waals surface area contributed by atoms with E-state index in [0.29, 0.717) is 13.1 Å². The summed E-state index contributed by atoms with van der Waals surface area (Å²) in [6.45, 7) is 6.05. The molecule has 1 aliphatic heterocycles. The molecule has 0 saturated carbocycles. The van der Waals surface area contributed by atoms with Gasteiger partial charge in [0.2, 0.25) is 5.91 Å². The van der Waals surface area contributed by atoms with E-state index in [-0.39, 0.29) is 24.3 Å². The van der Waals surface area contributed by atoms with Crippen molar-refractivity contribution in [2.45, 2.75) is 39.3 Å². The van der Waals surface area contributed by atoms with E-state index in [1.807, 2.05) is 49.1 Å². The molecule has 0 aliphatic carbocycles. The van der Waals surface area contributed by atoms with Gasteiger partial charge in [-0.2, -0.15) is 0 Å². The van der Waals surface area contributed by atoms with Crippen molar-refractivity contribution >= 4 is 12.0 Å². The fourth-order valence-corrected chi connectivity index (χ4v) is 2.93. The van der Waals surface area contributed by atoms with E-state index in [4.69, 9.17) is 10.5 Å². The summed E-state index contributed by atoms with van der Waals surface area (Å²) >= 11 is 0. The van der Waals surface area contributed by atoms with Crippen molar-refractivity contribution in [3.05, 3.63) is 35.9 Å². The Kier molecular flexibility index (Phi) is 7.25. The Morgan fingerprint density at radius 3 is 2.72 bits per heavy atom. The zero-order valence-electron chi connectivity index (χ0n) is 15.1. The number of rotatable bonds is 6. The Morgan fingerprint density at radius 2 is 2.04 bits per heavy atom. The predicted molar refractivity (Wildman–Crippen MR) is 96.7 cm³/mol. The highest BCUT2D eigenvalue weighted by Crippen LogP contribution is 2.17. The summed E-state index contributed by atoms with van der Waals surface area (Å²) in [6, 6.07) is 9.11. The van der Waals surface area contributed by atoms with Gasteiger partial charge < -0.3 is 20.7 Å². The van der Waals surface area contributed by atoms with Crippen LogP contribution in [0.2, 0.25) is 0 Å². The number of likely N-dealkylation sites (tertiary alicyclic amines) is 1. The zero-order valence-corrected chi connectivity index (χ0v) is 15.1. The smallest absolute Gasteiger partial charge is 0.407 e. The van der Waals surface area contributed by atoms with Gasteiger partial charge in [-0.1, -0.05) is 44.2 Å². The SMILES string of the molecule is CC(C)[C@H](N)C(=O)N1CCCC(CNC(=O)OCc2ccccc2)C1. The fourth-order valence-electron chi connectivity index (χ4n) is 2.93. The van der Waals surface area contributed by atoms with Gasteiger partial charge in [0.1, 0.15) is 6.61 Å². The number of amides is 2. The van der Waals surface area contributed by atoms with Crippen molar-refractivity contribution in [1.82, 2.24) is 10.2 Å². The number of nitrogens with two attached hydrogens (primary N) is 1. The first kappa shape index (κ1) is 19.2. The third kappa shape index (κ3) is 6.05. The third-order valence-electron chi connectivity index (χ3n) is 4.58. The molecule has 2 rings (SSSR count). The molecule has 1 saturated heterocycles. The van der Waals surface area contributed by atoms with Crippen LogP contribution < -0.4 is 11.1 Å². The maximum atomic E-state index is 12.4. The molecule has 6 nitrogen and oxygen atoms in total. The van der Waals surface area contributed by atoms with Crippen LogP contribution in [0.1, 0.15) is 32.3 Å². The van der Waals surface area contributed by atoms with Gasteiger partial charge in [-0.25, -0.2) is 4.79 Å². The lowest BCUT2D eigenvalue weighted by Gasteiger charge is -2.35. The molecule has 0 radical (unpaired) electrons. The van der Waals surface area contributed by atoms with Crippen molar-refractivity contribution in [1.29, 1.82) is 0 Å². The van der Waals surface area contributed by atoms with Crippen LogP contribution in [0.25, 0.3) is 0 Å². The van der Waals surface area contributed by atoms with Gasteiger partial charge >= 0.3 is 6.09 Å².